The number of H-pyrrole nitrogens is 1. The van der Waals surface area contributed by atoms with Gasteiger partial charge < -0.3 is 15.6 Å². The van der Waals surface area contributed by atoms with Crippen molar-refractivity contribution in [2.45, 2.75) is 6.04 Å². The van der Waals surface area contributed by atoms with Crippen molar-refractivity contribution in [3.05, 3.63) is 66.4 Å². The van der Waals surface area contributed by atoms with Gasteiger partial charge in [-0.2, -0.15) is 0 Å². The summed E-state index contributed by atoms with van der Waals surface area (Å²) in [4.78, 5) is 8.26. The first kappa shape index (κ1) is 15.2. The summed E-state index contributed by atoms with van der Waals surface area (Å²) in [5, 5.41) is 1.31. The highest BCUT2D eigenvalue weighted by molar-refractivity contribution is 5.92. The average molecular weight is 320 g/mol. The summed E-state index contributed by atoms with van der Waals surface area (Å²) in [5.41, 5.74) is 10.1. The van der Waals surface area contributed by atoms with Crippen LogP contribution in [0, 0.1) is 0 Å². The summed E-state index contributed by atoms with van der Waals surface area (Å²) in [6.07, 6.45) is 2.02. The van der Waals surface area contributed by atoms with Crippen LogP contribution in [0.4, 0.5) is 5.69 Å². The zero-order valence-electron chi connectivity index (χ0n) is 13.9. The van der Waals surface area contributed by atoms with Crippen LogP contribution >= 0.6 is 0 Å². The molecule has 1 atom stereocenters. The fraction of sp³-hybridized carbons (Fsp3) is 0.300. The maximum atomic E-state index is 6.37. The molecule has 1 aromatic heterocycles. The molecule has 0 saturated carbocycles. The number of piperazine rings is 1. The molecule has 0 amide bonds. The number of anilines is 1. The molecule has 0 radical (unpaired) electrons. The van der Waals surface area contributed by atoms with Crippen LogP contribution in [-0.4, -0.2) is 42.6 Å². The number of hydrogen-bond acceptors (Lipinski definition) is 3. The molecule has 1 saturated heterocycles. The third kappa shape index (κ3) is 3.03. The van der Waals surface area contributed by atoms with Crippen LogP contribution in [0.5, 0.6) is 0 Å². The summed E-state index contributed by atoms with van der Waals surface area (Å²) in [6.45, 7) is 5.13. The van der Waals surface area contributed by atoms with Crippen LogP contribution in [0.3, 0.4) is 0 Å². The van der Waals surface area contributed by atoms with Gasteiger partial charge in [0, 0.05) is 61.6 Å². The number of aromatic amines is 1. The summed E-state index contributed by atoms with van der Waals surface area (Å²) in [7, 11) is 0. The Bertz CT molecular complexity index is 788. The fourth-order valence-electron chi connectivity index (χ4n) is 3.60. The zero-order valence-corrected chi connectivity index (χ0v) is 13.9. The number of hydrogen-bond donors (Lipinski definition) is 2. The molecule has 4 rings (SSSR count). The summed E-state index contributed by atoms with van der Waals surface area (Å²) in [6, 6.07) is 19.1. The molecule has 0 aliphatic carbocycles. The summed E-state index contributed by atoms with van der Waals surface area (Å²) >= 11 is 0. The SMILES string of the molecule is N[C@@H](CN1CCN(c2cccc3[nH]ccc23)CC1)c1ccccc1. The highest BCUT2D eigenvalue weighted by Gasteiger charge is 2.20. The standard InChI is InChI=1S/C20H24N4/c21-18(16-5-2-1-3-6-16)15-23-11-13-24(14-12-23)20-8-4-7-19-17(20)9-10-22-19/h1-10,18,22H,11-15,21H2/t18-/m0/s1. The van der Waals surface area contributed by atoms with Crippen LogP contribution in [0.25, 0.3) is 10.9 Å². The topological polar surface area (TPSA) is 48.3 Å². The second-order valence-electron chi connectivity index (χ2n) is 6.52. The number of aromatic nitrogens is 1. The van der Waals surface area contributed by atoms with E-state index in [1.165, 1.54) is 22.2 Å². The normalized spacial score (nSPS) is 17.3. The number of nitrogens with zero attached hydrogens (tertiary/aromatic N) is 2. The maximum absolute atomic E-state index is 6.37. The molecule has 1 aliphatic heterocycles. The highest BCUT2D eigenvalue weighted by Crippen LogP contribution is 2.27. The Kier molecular flexibility index (Phi) is 4.24. The first-order chi connectivity index (χ1) is 11.8. The van der Waals surface area contributed by atoms with Crippen LogP contribution in [0.1, 0.15) is 11.6 Å². The van der Waals surface area contributed by atoms with Crippen molar-refractivity contribution in [2.75, 3.05) is 37.6 Å². The largest absolute Gasteiger partial charge is 0.368 e. The van der Waals surface area contributed by atoms with E-state index in [-0.39, 0.29) is 6.04 Å². The van der Waals surface area contributed by atoms with Crippen molar-refractivity contribution in [1.82, 2.24) is 9.88 Å². The average Bonchev–Trinajstić information content (AvgIpc) is 3.12. The van der Waals surface area contributed by atoms with Gasteiger partial charge in [-0.05, 0) is 23.8 Å². The summed E-state index contributed by atoms with van der Waals surface area (Å²) in [5.74, 6) is 0. The van der Waals surface area contributed by atoms with Crippen LogP contribution in [0.2, 0.25) is 0 Å². The second-order valence-corrected chi connectivity index (χ2v) is 6.52. The molecule has 0 bridgehead atoms. The Morgan fingerprint density at radius 3 is 2.50 bits per heavy atom. The van der Waals surface area contributed by atoms with Crippen molar-refractivity contribution in [2.24, 2.45) is 5.73 Å². The molecule has 2 heterocycles. The zero-order chi connectivity index (χ0) is 16.4. The minimum Gasteiger partial charge on any atom is -0.368 e. The fourth-order valence-corrected chi connectivity index (χ4v) is 3.60. The van der Waals surface area contributed by atoms with E-state index in [9.17, 15) is 0 Å². The second kappa shape index (κ2) is 6.67. The van der Waals surface area contributed by atoms with Crippen molar-refractivity contribution in [3.63, 3.8) is 0 Å². The summed E-state index contributed by atoms with van der Waals surface area (Å²) < 4.78 is 0. The molecule has 0 unspecified atom stereocenters. The van der Waals surface area contributed by atoms with Gasteiger partial charge in [-0.3, -0.25) is 4.90 Å². The van der Waals surface area contributed by atoms with E-state index in [1.54, 1.807) is 0 Å². The lowest BCUT2D eigenvalue weighted by Gasteiger charge is -2.37. The van der Waals surface area contributed by atoms with Gasteiger partial charge in [0.1, 0.15) is 0 Å². The lowest BCUT2D eigenvalue weighted by atomic mass is 10.1. The Balaban J connectivity index is 1.39. The monoisotopic (exact) mass is 320 g/mol. The maximum Gasteiger partial charge on any atom is 0.0474 e. The first-order valence-electron chi connectivity index (χ1n) is 8.65. The van der Waals surface area contributed by atoms with E-state index in [1.807, 2.05) is 12.3 Å². The van der Waals surface area contributed by atoms with Gasteiger partial charge in [-0.15, -0.1) is 0 Å². The molecule has 3 N–H and O–H groups in total. The van der Waals surface area contributed by atoms with Gasteiger partial charge in [-0.25, -0.2) is 0 Å². The molecule has 0 spiro atoms. The van der Waals surface area contributed by atoms with E-state index in [0.717, 1.165) is 32.7 Å². The molecule has 2 aromatic carbocycles. The van der Waals surface area contributed by atoms with Gasteiger partial charge in [0.25, 0.3) is 0 Å². The quantitative estimate of drug-likeness (QED) is 0.777. The van der Waals surface area contributed by atoms with Gasteiger partial charge >= 0.3 is 0 Å². The number of nitrogens with one attached hydrogen (secondary N) is 1. The molecule has 1 fully saturated rings. The van der Waals surface area contributed by atoms with Crippen LogP contribution < -0.4 is 10.6 Å². The first-order valence-corrected chi connectivity index (χ1v) is 8.65. The Morgan fingerprint density at radius 1 is 0.917 bits per heavy atom. The van der Waals surface area contributed by atoms with Gasteiger partial charge in [0.15, 0.2) is 0 Å². The van der Waals surface area contributed by atoms with Crippen molar-refractivity contribution in [1.29, 1.82) is 0 Å². The van der Waals surface area contributed by atoms with E-state index in [2.05, 4.69) is 63.3 Å². The van der Waals surface area contributed by atoms with Crippen molar-refractivity contribution >= 4 is 16.6 Å². The van der Waals surface area contributed by atoms with E-state index in [4.69, 9.17) is 5.73 Å². The highest BCUT2D eigenvalue weighted by atomic mass is 15.3. The molecule has 24 heavy (non-hydrogen) atoms. The molecule has 4 nitrogen and oxygen atoms in total. The Labute approximate surface area is 142 Å². The number of fused-ring (bicyclic) bond motifs is 1. The number of rotatable bonds is 4. The van der Waals surface area contributed by atoms with Gasteiger partial charge in [-0.1, -0.05) is 36.4 Å². The van der Waals surface area contributed by atoms with E-state index < -0.39 is 0 Å². The predicted molar refractivity (Wildman–Crippen MR) is 100 cm³/mol. The molecular weight excluding hydrogens is 296 g/mol. The minimum absolute atomic E-state index is 0.0888. The van der Waals surface area contributed by atoms with Crippen LogP contribution in [0.15, 0.2) is 60.8 Å². The predicted octanol–water partition coefficient (Wildman–Crippen LogP) is 2.99. The molecular formula is C20H24N4. The lowest BCUT2D eigenvalue weighted by molar-refractivity contribution is 0.243. The van der Waals surface area contributed by atoms with Gasteiger partial charge in [0.05, 0.1) is 0 Å². The third-order valence-corrected chi connectivity index (χ3v) is 4.97. The number of nitrogens with two attached hydrogens (primary N) is 1. The minimum atomic E-state index is 0.0888. The van der Waals surface area contributed by atoms with Crippen molar-refractivity contribution < 1.29 is 0 Å². The molecule has 4 heteroatoms. The van der Waals surface area contributed by atoms with Crippen LogP contribution in [-0.2, 0) is 0 Å². The smallest absolute Gasteiger partial charge is 0.0474 e. The lowest BCUT2D eigenvalue weighted by Crippen LogP contribution is -2.48. The van der Waals surface area contributed by atoms with E-state index in [0.29, 0.717) is 0 Å². The number of benzene rings is 2. The van der Waals surface area contributed by atoms with Gasteiger partial charge in [0.2, 0.25) is 0 Å². The molecule has 1 aliphatic rings. The van der Waals surface area contributed by atoms with E-state index >= 15 is 0 Å². The Hall–Kier alpha value is -2.30. The molecule has 3 aromatic rings. The van der Waals surface area contributed by atoms with Crippen molar-refractivity contribution in [3.8, 4) is 0 Å². The molecule has 124 valence electrons. The Morgan fingerprint density at radius 2 is 1.71 bits per heavy atom. The third-order valence-electron chi connectivity index (χ3n) is 4.97.